The second-order valence-corrected chi connectivity index (χ2v) is 2.80. The Kier molecular flexibility index (Phi) is 3.14. The summed E-state index contributed by atoms with van der Waals surface area (Å²) in [6.45, 7) is 6.52. The fourth-order valence-corrected chi connectivity index (χ4v) is 0.866. The molecule has 0 saturated carbocycles. The first-order chi connectivity index (χ1) is 3.68. The van der Waals surface area contributed by atoms with Gasteiger partial charge in [0.05, 0.1) is 6.28 Å². The molecule has 0 fully saturated rings. The quantitative estimate of drug-likeness (QED) is 0.557. The van der Waals surface area contributed by atoms with Crippen LogP contribution < -0.4 is 5.64 Å². The summed E-state index contributed by atoms with van der Waals surface area (Å²) in [7, 11) is 0. The predicted molar refractivity (Wildman–Crippen MR) is 41.4 cm³/mol. The first-order valence-electron chi connectivity index (χ1n) is 3.68. The van der Waals surface area contributed by atoms with E-state index in [4.69, 9.17) is 5.64 Å². The van der Waals surface area contributed by atoms with E-state index in [1.54, 1.807) is 0 Å². The number of hydrogen-bond donors (Lipinski definition) is 1. The van der Waals surface area contributed by atoms with Crippen molar-refractivity contribution >= 4 is 6.28 Å². The molecule has 0 atom stereocenters. The Bertz CT molecular complexity index is 51.3. The Hall–Kier alpha value is 0.0249. The van der Waals surface area contributed by atoms with Crippen LogP contribution in [0.25, 0.3) is 0 Å². The lowest BCUT2D eigenvalue weighted by molar-refractivity contribution is 1.15. The molecule has 0 heterocycles. The minimum absolute atomic E-state index is 0.458. The smallest absolute Gasteiger partial charge is 0.0555 e. The normalized spacial score (nSPS) is 12.0. The molecule has 0 amide bonds. The van der Waals surface area contributed by atoms with E-state index >= 15 is 0 Å². The highest BCUT2D eigenvalue weighted by Gasteiger charge is 2.10. The van der Waals surface area contributed by atoms with Crippen molar-refractivity contribution in [2.45, 2.75) is 39.7 Å². The van der Waals surface area contributed by atoms with Gasteiger partial charge in [-0.25, -0.2) is 0 Å². The lowest BCUT2D eigenvalue weighted by atomic mass is 9.31. The fourth-order valence-electron chi connectivity index (χ4n) is 0.866. The van der Waals surface area contributed by atoms with Gasteiger partial charge in [-0.2, -0.15) is 19.0 Å². The molecule has 2 N–H and O–H groups in total. The van der Waals surface area contributed by atoms with E-state index < -0.39 is 6.28 Å². The first-order valence-corrected chi connectivity index (χ1v) is 3.68. The lowest BCUT2D eigenvalue weighted by Crippen LogP contribution is -2.42. The maximum Gasteiger partial charge on any atom is 0.0555 e. The maximum atomic E-state index is 5.96. The summed E-state index contributed by atoms with van der Waals surface area (Å²) in [5, 5.41) is 0. The van der Waals surface area contributed by atoms with E-state index in [2.05, 4.69) is 20.8 Å². The van der Waals surface area contributed by atoms with Gasteiger partial charge >= 0.3 is 0 Å². The molecular formula is C6H17BN-. The second-order valence-electron chi connectivity index (χ2n) is 2.80. The van der Waals surface area contributed by atoms with E-state index in [-0.39, 0.29) is 0 Å². The number of hydrogen-bond acceptors (Lipinski definition) is 1. The van der Waals surface area contributed by atoms with E-state index in [1.807, 2.05) is 0 Å². The van der Waals surface area contributed by atoms with Crippen molar-refractivity contribution in [2.75, 3.05) is 0 Å². The second kappa shape index (κ2) is 3.13. The molecule has 0 bridgehead atoms. The van der Waals surface area contributed by atoms with Crippen LogP contribution in [0.15, 0.2) is 0 Å². The van der Waals surface area contributed by atoms with Crippen LogP contribution in [0.2, 0.25) is 19.0 Å². The molecule has 0 radical (unpaired) electrons. The SMILES string of the molecule is CC[B-](N)(CC)CC. The summed E-state index contributed by atoms with van der Waals surface area (Å²) in [5.41, 5.74) is 5.96. The van der Waals surface area contributed by atoms with Crippen LogP contribution in [0.5, 0.6) is 0 Å². The van der Waals surface area contributed by atoms with Crippen LogP contribution in [-0.4, -0.2) is 6.28 Å². The molecule has 0 aliphatic rings. The summed E-state index contributed by atoms with van der Waals surface area (Å²) >= 11 is 0. The molecule has 1 nitrogen and oxygen atoms in total. The largest absolute Gasteiger partial charge is 0.502 e. The molecule has 50 valence electrons. The average molecular weight is 114 g/mol. The Balaban J connectivity index is 3.58. The zero-order valence-corrected chi connectivity index (χ0v) is 6.28. The summed E-state index contributed by atoms with van der Waals surface area (Å²) in [5.74, 6) is 0. The van der Waals surface area contributed by atoms with Crippen LogP contribution in [0, 0.1) is 0 Å². The van der Waals surface area contributed by atoms with Gasteiger partial charge in [0.15, 0.2) is 0 Å². The Morgan fingerprint density at radius 3 is 1.25 bits per heavy atom. The number of nitrogens with two attached hydrogens (primary N) is 1. The van der Waals surface area contributed by atoms with Crippen molar-refractivity contribution < 1.29 is 0 Å². The van der Waals surface area contributed by atoms with E-state index in [0.717, 1.165) is 19.0 Å². The van der Waals surface area contributed by atoms with Crippen LogP contribution >= 0.6 is 0 Å². The summed E-state index contributed by atoms with van der Waals surface area (Å²) in [6, 6.07) is 0. The van der Waals surface area contributed by atoms with Gasteiger partial charge in [0.1, 0.15) is 0 Å². The molecule has 8 heavy (non-hydrogen) atoms. The molecule has 0 aliphatic carbocycles. The highest BCUT2D eigenvalue weighted by molar-refractivity contribution is 6.76. The minimum atomic E-state index is -0.458. The molecule has 2 heteroatoms. The Morgan fingerprint density at radius 1 is 1.00 bits per heavy atom. The molecule has 0 rings (SSSR count). The number of rotatable bonds is 3. The van der Waals surface area contributed by atoms with Gasteiger partial charge in [0.2, 0.25) is 0 Å². The van der Waals surface area contributed by atoms with Gasteiger partial charge in [-0.3, -0.25) is 0 Å². The summed E-state index contributed by atoms with van der Waals surface area (Å²) in [6.07, 6.45) is 3.02. The van der Waals surface area contributed by atoms with E-state index in [0.29, 0.717) is 0 Å². The molecule has 0 spiro atoms. The maximum absolute atomic E-state index is 5.96. The van der Waals surface area contributed by atoms with Crippen LogP contribution in [-0.2, 0) is 0 Å². The van der Waals surface area contributed by atoms with Crippen molar-refractivity contribution in [3.8, 4) is 0 Å². The highest BCUT2D eigenvalue weighted by atomic mass is 14.5. The average Bonchev–Trinajstić information content (AvgIpc) is 1.87. The molecule has 0 aromatic rings. The summed E-state index contributed by atoms with van der Waals surface area (Å²) in [4.78, 5) is 0. The molecule has 0 aromatic heterocycles. The van der Waals surface area contributed by atoms with E-state index in [9.17, 15) is 0 Å². The van der Waals surface area contributed by atoms with Gasteiger partial charge in [-0.1, -0.05) is 20.8 Å². The third kappa shape index (κ3) is 1.87. The van der Waals surface area contributed by atoms with Crippen molar-refractivity contribution in [1.82, 2.24) is 0 Å². The summed E-state index contributed by atoms with van der Waals surface area (Å²) < 4.78 is 0. The van der Waals surface area contributed by atoms with E-state index in [1.165, 1.54) is 0 Å². The van der Waals surface area contributed by atoms with Gasteiger partial charge in [0.25, 0.3) is 0 Å². The van der Waals surface area contributed by atoms with Crippen molar-refractivity contribution in [3.05, 3.63) is 0 Å². The van der Waals surface area contributed by atoms with Crippen molar-refractivity contribution in [2.24, 2.45) is 5.64 Å². The third-order valence-corrected chi connectivity index (χ3v) is 2.44. The molecule has 0 aromatic carbocycles. The zero-order chi connectivity index (χ0) is 6.62. The third-order valence-electron chi connectivity index (χ3n) is 2.44. The minimum Gasteiger partial charge on any atom is -0.502 e. The van der Waals surface area contributed by atoms with Gasteiger partial charge in [-0.15, -0.1) is 0 Å². The van der Waals surface area contributed by atoms with Crippen molar-refractivity contribution in [3.63, 3.8) is 0 Å². The highest BCUT2D eigenvalue weighted by Crippen LogP contribution is 2.11. The molecule has 0 aliphatic heterocycles. The van der Waals surface area contributed by atoms with Gasteiger partial charge in [0, 0.05) is 0 Å². The molecular weight excluding hydrogens is 96.9 g/mol. The zero-order valence-electron chi connectivity index (χ0n) is 6.28. The topological polar surface area (TPSA) is 26.0 Å². The van der Waals surface area contributed by atoms with Crippen LogP contribution in [0.1, 0.15) is 20.8 Å². The molecule has 0 unspecified atom stereocenters. The fraction of sp³-hybridized carbons (Fsp3) is 1.00. The molecule has 0 saturated heterocycles. The Morgan fingerprint density at radius 2 is 1.25 bits per heavy atom. The van der Waals surface area contributed by atoms with Gasteiger partial charge < -0.3 is 5.64 Å². The lowest BCUT2D eigenvalue weighted by Gasteiger charge is -2.29. The first kappa shape index (κ1) is 8.02. The van der Waals surface area contributed by atoms with Crippen molar-refractivity contribution in [1.29, 1.82) is 0 Å². The standard InChI is InChI=1S/C6H17BN/c1-4-7(8,5-2)6-3/h4-6,8H2,1-3H3/q-1. The van der Waals surface area contributed by atoms with Gasteiger partial charge in [-0.05, 0) is 0 Å². The predicted octanol–water partition coefficient (Wildman–Crippen LogP) is 1.95. The Labute approximate surface area is 52.6 Å². The monoisotopic (exact) mass is 114 g/mol. The van der Waals surface area contributed by atoms with Crippen LogP contribution in [0.3, 0.4) is 0 Å². The van der Waals surface area contributed by atoms with Crippen LogP contribution in [0.4, 0.5) is 0 Å².